The molecular weight excluding hydrogens is 336 g/mol. The maximum atomic E-state index is 10.2. The lowest BCUT2D eigenvalue weighted by molar-refractivity contribution is -0.383. The molecule has 0 radical (unpaired) electrons. The van der Waals surface area contributed by atoms with Crippen LogP contribution in [0.4, 0.5) is 5.69 Å². The Balaban J connectivity index is 1.75. The second-order valence-corrected chi connectivity index (χ2v) is 7.94. The van der Waals surface area contributed by atoms with Gasteiger partial charge in [0.25, 0.3) is 0 Å². The molecule has 1 atom stereocenters. The van der Waals surface area contributed by atoms with Crippen LogP contribution in [-0.2, 0) is 11.2 Å². The largest absolute Gasteiger partial charge is 0.551 e. The van der Waals surface area contributed by atoms with Crippen molar-refractivity contribution in [1.29, 1.82) is 0 Å². The van der Waals surface area contributed by atoms with E-state index in [0.29, 0.717) is 0 Å². The predicted molar refractivity (Wildman–Crippen MR) is 113 cm³/mol. The van der Waals surface area contributed by atoms with Crippen molar-refractivity contribution in [3.63, 3.8) is 0 Å². The van der Waals surface area contributed by atoms with Gasteiger partial charge in [0.1, 0.15) is 6.10 Å². The number of hydrogen-bond acceptors (Lipinski definition) is 2. The Labute approximate surface area is 165 Å². The van der Waals surface area contributed by atoms with Crippen LogP contribution in [0.3, 0.4) is 0 Å². The van der Waals surface area contributed by atoms with Crippen molar-refractivity contribution in [1.82, 2.24) is 4.90 Å². The number of likely N-dealkylation sites (tertiary alicyclic amines) is 1. The van der Waals surface area contributed by atoms with E-state index in [1.807, 2.05) is 19.1 Å². The summed E-state index contributed by atoms with van der Waals surface area (Å²) in [5.41, 5.74) is 2.20. The van der Waals surface area contributed by atoms with Crippen LogP contribution in [0.15, 0.2) is 24.3 Å². The fourth-order valence-electron chi connectivity index (χ4n) is 3.80. The number of nitrogens with one attached hydrogen (secondary N) is 1. The maximum Gasteiger partial charge on any atom is 0.551 e. The van der Waals surface area contributed by atoms with Crippen molar-refractivity contribution in [3.8, 4) is 0 Å². The zero-order valence-electron chi connectivity index (χ0n) is 17.4. The normalized spacial score (nSPS) is 17.0. The Bertz CT molecular complexity index is 553. The summed E-state index contributed by atoms with van der Waals surface area (Å²) in [4.78, 5) is 5.42. The van der Waals surface area contributed by atoms with E-state index in [4.69, 9.17) is 4.74 Å². The van der Waals surface area contributed by atoms with Crippen molar-refractivity contribution in [2.75, 3.05) is 19.6 Å². The number of aliphatic hydroxyl groups excluding tert-OH is 1. The first kappa shape index (κ1) is 21.7. The molecule has 0 saturated carbocycles. The summed E-state index contributed by atoms with van der Waals surface area (Å²) in [6, 6.07) is 8.29. The predicted octanol–water partition coefficient (Wildman–Crippen LogP) is 4.11. The monoisotopic (exact) mass is 375 g/mol. The van der Waals surface area contributed by atoms with Gasteiger partial charge >= 0.3 is 6.08 Å². The average molecular weight is 376 g/mol. The molecule has 0 bridgehead atoms. The summed E-state index contributed by atoms with van der Waals surface area (Å²) in [5.74, 6) is 0. The molecule has 152 valence electrons. The van der Waals surface area contributed by atoms with Gasteiger partial charge in [-0.1, -0.05) is 57.6 Å². The van der Waals surface area contributed by atoms with E-state index < -0.39 is 0 Å². The van der Waals surface area contributed by atoms with Gasteiger partial charge in [-0.3, -0.25) is 4.90 Å². The third-order valence-corrected chi connectivity index (χ3v) is 5.27. The molecule has 0 spiro atoms. The molecule has 4 heteroatoms. The SMILES string of the molecule is CCCCCCCCc1cccc([NH+]=C(O)O[C@H](C)CN2CCCCC2)c1. The number of benzene rings is 1. The Morgan fingerprint density at radius 1 is 1.11 bits per heavy atom. The van der Waals surface area contributed by atoms with Crippen molar-refractivity contribution in [2.45, 2.75) is 84.2 Å². The number of ether oxygens (including phenoxy) is 1. The van der Waals surface area contributed by atoms with Crippen LogP contribution in [0.2, 0.25) is 0 Å². The second-order valence-electron chi connectivity index (χ2n) is 7.94. The van der Waals surface area contributed by atoms with Crippen molar-refractivity contribution >= 4 is 11.8 Å². The van der Waals surface area contributed by atoms with E-state index in [1.165, 1.54) is 63.4 Å². The van der Waals surface area contributed by atoms with Gasteiger partial charge in [-0.25, -0.2) is 0 Å². The molecule has 1 aliphatic heterocycles. The molecule has 2 N–H and O–H groups in total. The molecular formula is C23H39N2O2+. The third-order valence-electron chi connectivity index (χ3n) is 5.27. The van der Waals surface area contributed by atoms with Crippen molar-refractivity contribution in [3.05, 3.63) is 29.8 Å². The van der Waals surface area contributed by atoms with Gasteiger partial charge in [-0.2, -0.15) is 0 Å². The first-order valence-corrected chi connectivity index (χ1v) is 11.0. The zero-order chi connectivity index (χ0) is 19.3. The van der Waals surface area contributed by atoms with E-state index in [-0.39, 0.29) is 12.2 Å². The van der Waals surface area contributed by atoms with Gasteiger partial charge in [0.2, 0.25) is 5.69 Å². The van der Waals surface area contributed by atoms with E-state index in [2.05, 4.69) is 28.9 Å². The second kappa shape index (κ2) is 12.8. The van der Waals surface area contributed by atoms with Crippen molar-refractivity contribution < 1.29 is 14.8 Å². The van der Waals surface area contributed by atoms with Gasteiger partial charge < -0.3 is 9.84 Å². The molecule has 0 aromatic heterocycles. The van der Waals surface area contributed by atoms with Crippen LogP contribution in [0.25, 0.3) is 0 Å². The minimum atomic E-state index is -0.101. The molecule has 0 amide bonds. The zero-order valence-corrected chi connectivity index (χ0v) is 17.4. The lowest BCUT2D eigenvalue weighted by Gasteiger charge is -2.28. The van der Waals surface area contributed by atoms with Crippen LogP contribution in [0.1, 0.15) is 77.2 Å². The lowest BCUT2D eigenvalue weighted by atomic mass is 10.0. The van der Waals surface area contributed by atoms with Gasteiger partial charge in [0, 0.05) is 18.7 Å². The number of hydrogen-bond donors (Lipinski definition) is 2. The fourth-order valence-corrected chi connectivity index (χ4v) is 3.80. The topological polar surface area (TPSA) is 46.7 Å². The first-order valence-electron chi connectivity index (χ1n) is 11.0. The van der Waals surface area contributed by atoms with Crippen LogP contribution in [-0.4, -0.2) is 41.8 Å². The molecule has 1 heterocycles. The lowest BCUT2D eigenvalue weighted by Crippen LogP contribution is -2.67. The molecule has 27 heavy (non-hydrogen) atoms. The van der Waals surface area contributed by atoms with Crippen LogP contribution in [0, 0.1) is 0 Å². The van der Waals surface area contributed by atoms with Gasteiger partial charge in [0.15, 0.2) is 0 Å². The molecule has 0 unspecified atom stereocenters. The number of unbranched alkanes of at least 4 members (excludes halogenated alkanes) is 5. The van der Waals surface area contributed by atoms with Gasteiger partial charge in [-0.05, 0) is 51.3 Å². The quantitative estimate of drug-likeness (QED) is 0.348. The standard InChI is InChI=1S/C23H38N2O2/c1-3-4-5-6-7-9-13-21-14-12-15-22(18-21)24-23(26)27-20(2)19-25-16-10-8-11-17-25/h12,14-15,18,20H,3-11,13,16-17,19H2,1-2H3,(H,24,26)/p+1/t20-/m1/s1. The summed E-state index contributed by atoms with van der Waals surface area (Å²) in [7, 11) is 0. The third kappa shape index (κ3) is 9.28. The van der Waals surface area contributed by atoms with E-state index in [9.17, 15) is 5.11 Å². The fraction of sp³-hybridized carbons (Fsp3) is 0.696. The Hall–Kier alpha value is -1.55. The van der Waals surface area contributed by atoms with E-state index >= 15 is 0 Å². The van der Waals surface area contributed by atoms with E-state index in [0.717, 1.165) is 31.7 Å². The van der Waals surface area contributed by atoms with Crippen LogP contribution >= 0.6 is 0 Å². The van der Waals surface area contributed by atoms with Crippen LogP contribution < -0.4 is 4.99 Å². The average Bonchev–Trinajstić information content (AvgIpc) is 2.65. The smallest absolute Gasteiger partial charge is 0.430 e. The minimum absolute atomic E-state index is 0.0260. The number of aliphatic hydroxyl groups is 1. The first-order chi connectivity index (χ1) is 13.2. The molecule has 1 aliphatic rings. The molecule has 1 aromatic carbocycles. The Morgan fingerprint density at radius 3 is 2.63 bits per heavy atom. The van der Waals surface area contributed by atoms with Crippen LogP contribution in [0.5, 0.6) is 0 Å². The Kier molecular flexibility index (Phi) is 10.3. The van der Waals surface area contributed by atoms with Gasteiger partial charge in [0.05, 0.1) is 0 Å². The summed E-state index contributed by atoms with van der Waals surface area (Å²) >= 11 is 0. The van der Waals surface area contributed by atoms with Gasteiger partial charge in [-0.15, -0.1) is 4.99 Å². The molecule has 0 aliphatic carbocycles. The van der Waals surface area contributed by atoms with E-state index in [1.54, 1.807) is 0 Å². The number of piperidine rings is 1. The molecule has 1 aromatic rings. The summed E-state index contributed by atoms with van der Waals surface area (Å²) < 4.78 is 5.65. The van der Waals surface area contributed by atoms with Crippen molar-refractivity contribution in [2.24, 2.45) is 0 Å². The maximum absolute atomic E-state index is 10.2. The summed E-state index contributed by atoms with van der Waals surface area (Å²) in [6.07, 6.45) is 12.7. The Morgan fingerprint density at radius 2 is 1.85 bits per heavy atom. The highest BCUT2D eigenvalue weighted by Gasteiger charge is 2.17. The highest BCUT2D eigenvalue weighted by atomic mass is 16.6. The highest BCUT2D eigenvalue weighted by molar-refractivity contribution is 5.59. The highest BCUT2D eigenvalue weighted by Crippen LogP contribution is 2.12. The molecule has 1 fully saturated rings. The summed E-state index contributed by atoms with van der Waals surface area (Å²) in [5, 5.41) is 10.2. The number of aryl methyl sites for hydroxylation is 1. The summed E-state index contributed by atoms with van der Waals surface area (Å²) in [6.45, 7) is 7.42. The minimum Gasteiger partial charge on any atom is -0.430 e. The molecule has 2 rings (SSSR count). The molecule has 1 saturated heterocycles. The number of rotatable bonds is 11. The molecule has 4 nitrogen and oxygen atoms in total. The number of nitrogens with zero attached hydrogens (tertiary/aromatic N) is 1.